The Morgan fingerprint density at radius 1 is 1.35 bits per heavy atom. The van der Waals surface area contributed by atoms with E-state index in [0.717, 1.165) is 0 Å². The number of nitro benzene ring substituents is 1. The molecule has 1 N–H and O–H groups in total. The number of nitrogens with one attached hydrogen (secondary N) is 1. The number of hydrogen-bond acceptors (Lipinski definition) is 5. The highest BCUT2D eigenvalue weighted by Gasteiger charge is 2.19. The molecule has 1 aromatic rings. The van der Waals surface area contributed by atoms with Crippen molar-refractivity contribution in [3.63, 3.8) is 0 Å². The molecule has 0 fully saturated rings. The molecular weight excluding hydrogens is 284 g/mol. The van der Waals surface area contributed by atoms with Crippen LogP contribution in [0, 0.1) is 16.0 Å². The number of sulfonamides is 1. The third-order valence-corrected chi connectivity index (χ3v) is 4.05. The topological polar surface area (TPSA) is 106 Å². The number of nitro groups is 1. The summed E-state index contributed by atoms with van der Waals surface area (Å²) in [6, 6.07) is 5.15. The number of amides is 1. The van der Waals surface area contributed by atoms with Gasteiger partial charge >= 0.3 is 0 Å². The van der Waals surface area contributed by atoms with Gasteiger partial charge < -0.3 is 0 Å². The van der Waals surface area contributed by atoms with Gasteiger partial charge in [-0.3, -0.25) is 19.6 Å². The molecule has 20 heavy (non-hydrogen) atoms. The Bertz CT molecular complexity index is 595. The molecular formula is C12H16N2O5S. The van der Waals surface area contributed by atoms with E-state index >= 15 is 0 Å². The van der Waals surface area contributed by atoms with Crippen LogP contribution in [0.5, 0.6) is 0 Å². The molecule has 7 nitrogen and oxygen atoms in total. The van der Waals surface area contributed by atoms with Crippen LogP contribution in [0.3, 0.4) is 0 Å². The Morgan fingerprint density at radius 2 is 1.90 bits per heavy atom. The second-order valence-electron chi connectivity index (χ2n) is 4.46. The number of benzene rings is 1. The molecule has 1 atom stereocenters. The fourth-order valence-corrected chi connectivity index (χ4v) is 2.62. The fraction of sp³-hybridized carbons (Fsp3) is 0.417. The van der Waals surface area contributed by atoms with Crippen molar-refractivity contribution in [1.82, 2.24) is 4.72 Å². The number of hydrogen-bond donors (Lipinski definition) is 1. The zero-order chi connectivity index (χ0) is 15.3. The molecule has 0 aliphatic rings. The van der Waals surface area contributed by atoms with E-state index in [4.69, 9.17) is 0 Å². The van der Waals surface area contributed by atoms with Crippen LogP contribution in [0.1, 0.15) is 25.8 Å². The van der Waals surface area contributed by atoms with Crippen LogP contribution < -0.4 is 4.72 Å². The normalized spacial score (nSPS) is 12.7. The van der Waals surface area contributed by atoms with E-state index in [1.165, 1.54) is 24.3 Å². The molecule has 1 unspecified atom stereocenters. The van der Waals surface area contributed by atoms with Gasteiger partial charge in [0.25, 0.3) is 5.69 Å². The summed E-state index contributed by atoms with van der Waals surface area (Å²) >= 11 is 0. The number of carbonyl (C=O) groups is 1. The van der Waals surface area contributed by atoms with Gasteiger partial charge in [-0.25, -0.2) is 8.42 Å². The first-order valence-electron chi connectivity index (χ1n) is 6.03. The largest absolute Gasteiger partial charge is 0.274 e. The number of carbonyl (C=O) groups excluding carboxylic acids is 1. The second kappa shape index (κ2) is 6.47. The van der Waals surface area contributed by atoms with Crippen LogP contribution in [0.25, 0.3) is 0 Å². The molecule has 0 saturated heterocycles. The van der Waals surface area contributed by atoms with Gasteiger partial charge in [-0.15, -0.1) is 0 Å². The Hall–Kier alpha value is -1.96. The van der Waals surface area contributed by atoms with Crippen LogP contribution >= 0.6 is 0 Å². The molecule has 0 heterocycles. The molecule has 0 spiro atoms. The zero-order valence-corrected chi connectivity index (χ0v) is 12.0. The molecule has 0 aliphatic heterocycles. The smallest absolute Gasteiger partial charge is 0.269 e. The highest BCUT2D eigenvalue weighted by molar-refractivity contribution is 7.89. The van der Waals surface area contributed by atoms with Crippen LogP contribution in [0.4, 0.5) is 5.69 Å². The maximum Gasteiger partial charge on any atom is 0.269 e. The SMILES string of the molecule is CCC(C)C(=O)NS(=O)(=O)Cc1ccc([N+](=O)[O-])cc1. The van der Waals surface area contributed by atoms with Gasteiger partial charge in [-0.1, -0.05) is 26.0 Å². The summed E-state index contributed by atoms with van der Waals surface area (Å²) in [6.07, 6.45) is 0.541. The molecule has 1 amide bonds. The Balaban J connectivity index is 2.76. The van der Waals surface area contributed by atoms with Crippen molar-refractivity contribution < 1.29 is 18.1 Å². The summed E-state index contributed by atoms with van der Waals surface area (Å²) in [5, 5.41) is 10.5. The lowest BCUT2D eigenvalue weighted by molar-refractivity contribution is -0.384. The monoisotopic (exact) mass is 300 g/mol. The molecule has 0 saturated carbocycles. The minimum atomic E-state index is -3.79. The van der Waals surface area contributed by atoms with Gasteiger partial charge in [-0.2, -0.15) is 0 Å². The van der Waals surface area contributed by atoms with Crippen LogP contribution in [-0.2, 0) is 20.6 Å². The first-order chi connectivity index (χ1) is 9.25. The molecule has 1 rings (SSSR count). The van der Waals surface area contributed by atoms with E-state index < -0.39 is 26.6 Å². The van der Waals surface area contributed by atoms with Crippen molar-refractivity contribution in [2.24, 2.45) is 5.92 Å². The quantitative estimate of drug-likeness (QED) is 0.634. The fourth-order valence-electron chi connectivity index (χ4n) is 1.41. The maximum atomic E-state index is 11.8. The third-order valence-electron chi connectivity index (χ3n) is 2.82. The van der Waals surface area contributed by atoms with Crippen molar-refractivity contribution in [1.29, 1.82) is 0 Å². The summed E-state index contributed by atoms with van der Waals surface area (Å²) in [4.78, 5) is 21.5. The molecule has 0 aromatic heterocycles. The minimum absolute atomic E-state index is 0.116. The van der Waals surface area contributed by atoms with Gasteiger partial charge in [-0.05, 0) is 12.0 Å². The van der Waals surface area contributed by atoms with Gasteiger partial charge in [0, 0.05) is 18.1 Å². The number of non-ortho nitro benzene ring substituents is 1. The van der Waals surface area contributed by atoms with E-state index in [9.17, 15) is 23.3 Å². The maximum absolute atomic E-state index is 11.8. The Morgan fingerprint density at radius 3 is 2.35 bits per heavy atom. The molecule has 0 bridgehead atoms. The third kappa shape index (κ3) is 4.61. The molecule has 0 radical (unpaired) electrons. The van der Waals surface area contributed by atoms with Crippen molar-refractivity contribution in [2.75, 3.05) is 0 Å². The van der Waals surface area contributed by atoms with E-state index in [-0.39, 0.29) is 11.6 Å². The summed E-state index contributed by atoms with van der Waals surface area (Å²) < 4.78 is 25.6. The second-order valence-corrected chi connectivity index (χ2v) is 6.18. The minimum Gasteiger partial charge on any atom is -0.274 e. The molecule has 8 heteroatoms. The van der Waals surface area contributed by atoms with Gasteiger partial charge in [0.05, 0.1) is 10.7 Å². The average Bonchev–Trinajstić information content (AvgIpc) is 2.37. The van der Waals surface area contributed by atoms with Crippen LogP contribution in [0.2, 0.25) is 0 Å². The first-order valence-corrected chi connectivity index (χ1v) is 7.68. The van der Waals surface area contributed by atoms with Crippen LogP contribution in [0.15, 0.2) is 24.3 Å². The first kappa shape index (κ1) is 16.1. The van der Waals surface area contributed by atoms with Crippen molar-refractivity contribution >= 4 is 21.6 Å². The summed E-state index contributed by atoms with van der Waals surface area (Å²) in [5.74, 6) is -1.33. The van der Waals surface area contributed by atoms with Crippen molar-refractivity contribution in [3.8, 4) is 0 Å². The lowest BCUT2D eigenvalue weighted by Gasteiger charge is -2.10. The molecule has 0 aliphatic carbocycles. The summed E-state index contributed by atoms with van der Waals surface area (Å²) in [6.45, 7) is 3.42. The zero-order valence-electron chi connectivity index (χ0n) is 11.2. The van der Waals surface area contributed by atoms with E-state index in [1.807, 2.05) is 4.72 Å². The highest BCUT2D eigenvalue weighted by Crippen LogP contribution is 2.14. The van der Waals surface area contributed by atoms with Crippen molar-refractivity contribution in [2.45, 2.75) is 26.0 Å². The highest BCUT2D eigenvalue weighted by atomic mass is 32.2. The van der Waals surface area contributed by atoms with E-state index in [1.54, 1.807) is 13.8 Å². The lowest BCUT2D eigenvalue weighted by atomic mass is 10.1. The number of rotatable bonds is 6. The Labute approximate surface area is 117 Å². The summed E-state index contributed by atoms with van der Waals surface area (Å²) in [7, 11) is -3.79. The van der Waals surface area contributed by atoms with Gasteiger partial charge in [0.2, 0.25) is 15.9 Å². The van der Waals surface area contributed by atoms with Gasteiger partial charge in [0.1, 0.15) is 0 Å². The van der Waals surface area contributed by atoms with E-state index in [2.05, 4.69) is 0 Å². The molecule has 110 valence electrons. The lowest BCUT2D eigenvalue weighted by Crippen LogP contribution is -2.35. The van der Waals surface area contributed by atoms with Gasteiger partial charge in [0.15, 0.2) is 0 Å². The predicted molar refractivity (Wildman–Crippen MR) is 73.3 cm³/mol. The predicted octanol–water partition coefficient (Wildman–Crippen LogP) is 1.59. The average molecular weight is 300 g/mol. The van der Waals surface area contributed by atoms with E-state index in [0.29, 0.717) is 12.0 Å². The summed E-state index contributed by atoms with van der Waals surface area (Å²) in [5.41, 5.74) is 0.259. The van der Waals surface area contributed by atoms with Crippen LogP contribution in [-0.4, -0.2) is 19.2 Å². The molecule has 1 aromatic carbocycles. The Kier molecular flexibility index (Phi) is 5.20. The standard InChI is InChI=1S/C12H16N2O5S/c1-3-9(2)12(15)13-20(18,19)8-10-4-6-11(7-5-10)14(16)17/h4-7,9H,3,8H2,1-2H3,(H,13,15). The van der Waals surface area contributed by atoms with Crippen molar-refractivity contribution in [3.05, 3.63) is 39.9 Å². The number of nitrogens with zero attached hydrogens (tertiary/aromatic N) is 1.